The number of rotatable bonds is 5. The molecule has 0 saturated heterocycles. The van der Waals surface area contributed by atoms with Crippen LogP contribution in [-0.2, 0) is 23.6 Å². The average Bonchev–Trinajstić information content (AvgIpc) is 2.73. The molecule has 4 nitrogen and oxygen atoms in total. The van der Waals surface area contributed by atoms with Crippen molar-refractivity contribution in [1.29, 1.82) is 0 Å². The molecular formula is C14H19N3OS. The molecule has 2 rings (SSSR count). The van der Waals surface area contributed by atoms with Gasteiger partial charge in [0.15, 0.2) is 0 Å². The summed E-state index contributed by atoms with van der Waals surface area (Å²) in [5.74, 6) is 2.08. The van der Waals surface area contributed by atoms with Crippen molar-refractivity contribution in [3.63, 3.8) is 0 Å². The van der Waals surface area contributed by atoms with E-state index in [1.165, 1.54) is 0 Å². The van der Waals surface area contributed by atoms with Gasteiger partial charge in [0.25, 0.3) is 0 Å². The van der Waals surface area contributed by atoms with Gasteiger partial charge < -0.3 is 4.57 Å². The van der Waals surface area contributed by atoms with Crippen LogP contribution in [0.3, 0.4) is 0 Å². The van der Waals surface area contributed by atoms with Gasteiger partial charge in [0.05, 0.1) is 11.0 Å². The van der Waals surface area contributed by atoms with Crippen LogP contribution in [0.1, 0.15) is 35.8 Å². The van der Waals surface area contributed by atoms with E-state index in [2.05, 4.69) is 17.1 Å². The van der Waals surface area contributed by atoms with Crippen LogP contribution >= 0.6 is 0 Å². The van der Waals surface area contributed by atoms with E-state index in [4.69, 9.17) is 0 Å². The summed E-state index contributed by atoms with van der Waals surface area (Å²) in [4.78, 5) is 0. The van der Waals surface area contributed by atoms with Crippen molar-refractivity contribution in [3.05, 3.63) is 47.5 Å². The lowest BCUT2D eigenvalue weighted by molar-refractivity contribution is 0.664. The zero-order valence-corrected chi connectivity index (χ0v) is 12.4. The van der Waals surface area contributed by atoms with Crippen LogP contribution in [-0.4, -0.2) is 19.0 Å². The zero-order valence-electron chi connectivity index (χ0n) is 11.5. The van der Waals surface area contributed by atoms with Crippen molar-refractivity contribution >= 4 is 10.8 Å². The predicted molar refractivity (Wildman–Crippen MR) is 77.1 cm³/mol. The molecule has 0 fully saturated rings. The maximum absolute atomic E-state index is 12.5. The summed E-state index contributed by atoms with van der Waals surface area (Å²) in [5, 5.41) is 8.15. The van der Waals surface area contributed by atoms with Gasteiger partial charge in [0.2, 0.25) is 0 Å². The molecule has 1 aromatic heterocycles. The minimum atomic E-state index is -0.980. The monoisotopic (exact) mass is 277 g/mol. The quantitative estimate of drug-likeness (QED) is 0.843. The van der Waals surface area contributed by atoms with Crippen molar-refractivity contribution in [1.82, 2.24) is 14.8 Å². The topological polar surface area (TPSA) is 47.8 Å². The van der Waals surface area contributed by atoms with Gasteiger partial charge in [-0.15, -0.1) is 10.2 Å². The fourth-order valence-corrected chi connectivity index (χ4v) is 3.59. The maximum atomic E-state index is 12.5. The van der Waals surface area contributed by atoms with Gasteiger partial charge in [0.1, 0.15) is 11.6 Å². The van der Waals surface area contributed by atoms with E-state index in [-0.39, 0.29) is 5.25 Å². The first-order valence-electron chi connectivity index (χ1n) is 6.40. The third kappa shape index (κ3) is 3.10. The van der Waals surface area contributed by atoms with Crippen molar-refractivity contribution in [2.24, 2.45) is 7.05 Å². The second kappa shape index (κ2) is 6.10. The molecule has 0 amide bonds. The number of hydrogen-bond donors (Lipinski definition) is 0. The van der Waals surface area contributed by atoms with Gasteiger partial charge in [-0.1, -0.05) is 37.3 Å². The summed E-state index contributed by atoms with van der Waals surface area (Å²) in [6.07, 6.45) is 0.855. The highest BCUT2D eigenvalue weighted by Gasteiger charge is 2.19. The number of aryl methyl sites for hydroxylation is 1. The number of benzene rings is 1. The second-order valence-corrected chi connectivity index (χ2v) is 6.17. The molecule has 0 aliphatic rings. The molecule has 0 unspecified atom stereocenters. The Labute approximate surface area is 116 Å². The molecule has 0 saturated carbocycles. The smallest absolute Gasteiger partial charge is 0.145 e. The van der Waals surface area contributed by atoms with Crippen LogP contribution in [0.2, 0.25) is 0 Å². The van der Waals surface area contributed by atoms with Crippen LogP contribution < -0.4 is 0 Å². The summed E-state index contributed by atoms with van der Waals surface area (Å²) in [7, 11) is 0.928. The van der Waals surface area contributed by atoms with E-state index in [9.17, 15) is 4.21 Å². The van der Waals surface area contributed by atoms with E-state index in [1.54, 1.807) is 0 Å². The Hall–Kier alpha value is -1.49. The van der Waals surface area contributed by atoms with Gasteiger partial charge in [-0.25, -0.2) is 0 Å². The molecule has 0 aliphatic heterocycles. The molecule has 19 heavy (non-hydrogen) atoms. The van der Waals surface area contributed by atoms with Gasteiger partial charge in [-0.2, -0.15) is 0 Å². The summed E-state index contributed by atoms with van der Waals surface area (Å²) >= 11 is 0. The predicted octanol–water partition coefficient (Wildman–Crippen LogP) is 2.52. The van der Waals surface area contributed by atoms with Crippen LogP contribution in [0.15, 0.2) is 30.3 Å². The van der Waals surface area contributed by atoms with E-state index in [1.807, 2.05) is 48.9 Å². The highest BCUT2D eigenvalue weighted by Crippen LogP contribution is 2.25. The average molecular weight is 277 g/mol. The van der Waals surface area contributed by atoms with E-state index < -0.39 is 10.8 Å². The Kier molecular flexibility index (Phi) is 4.47. The second-order valence-electron chi connectivity index (χ2n) is 4.56. The van der Waals surface area contributed by atoms with Crippen molar-refractivity contribution in [3.8, 4) is 0 Å². The third-order valence-electron chi connectivity index (χ3n) is 3.31. The number of hydrogen-bond acceptors (Lipinski definition) is 3. The lowest BCUT2D eigenvalue weighted by atomic mass is 10.1. The third-order valence-corrected chi connectivity index (χ3v) is 5.10. The Morgan fingerprint density at radius 3 is 2.47 bits per heavy atom. The highest BCUT2D eigenvalue weighted by atomic mass is 32.2. The fraction of sp³-hybridized carbons (Fsp3) is 0.429. The minimum absolute atomic E-state index is 0.0539. The maximum Gasteiger partial charge on any atom is 0.145 e. The van der Waals surface area contributed by atoms with Crippen LogP contribution in [0.4, 0.5) is 0 Å². The first kappa shape index (κ1) is 13.9. The van der Waals surface area contributed by atoms with Crippen LogP contribution in [0, 0.1) is 6.92 Å². The summed E-state index contributed by atoms with van der Waals surface area (Å²) in [5.41, 5.74) is 1.13. The Bertz CT molecular complexity index is 565. The first-order chi connectivity index (χ1) is 9.13. The van der Waals surface area contributed by atoms with E-state index in [0.717, 1.165) is 23.6 Å². The first-order valence-corrected chi connectivity index (χ1v) is 7.78. The molecule has 0 aliphatic carbocycles. The van der Waals surface area contributed by atoms with Gasteiger partial charge in [-0.3, -0.25) is 4.21 Å². The Morgan fingerprint density at radius 1 is 1.26 bits per heavy atom. The number of nitrogens with zero attached hydrogens (tertiary/aromatic N) is 3. The van der Waals surface area contributed by atoms with Crippen molar-refractivity contribution < 1.29 is 4.21 Å². The molecule has 0 N–H and O–H groups in total. The van der Waals surface area contributed by atoms with Crippen LogP contribution in [0.5, 0.6) is 0 Å². The molecule has 102 valence electrons. The highest BCUT2D eigenvalue weighted by molar-refractivity contribution is 7.84. The lowest BCUT2D eigenvalue weighted by Crippen LogP contribution is -2.11. The molecule has 0 spiro atoms. The SMILES string of the molecule is CC[C@H](c1ccccc1)[S@](=O)Cc1nnc(C)n1C. The van der Waals surface area contributed by atoms with Crippen molar-refractivity contribution in [2.45, 2.75) is 31.3 Å². The summed E-state index contributed by atoms with van der Waals surface area (Å²) in [6, 6.07) is 10.0. The van der Waals surface area contributed by atoms with Crippen molar-refractivity contribution in [2.75, 3.05) is 0 Å². The zero-order chi connectivity index (χ0) is 13.8. The normalized spacial score (nSPS) is 14.3. The molecule has 2 atom stereocenters. The van der Waals surface area contributed by atoms with E-state index in [0.29, 0.717) is 5.75 Å². The molecule has 5 heteroatoms. The molecule has 0 radical (unpaired) electrons. The van der Waals surface area contributed by atoms with Gasteiger partial charge in [-0.05, 0) is 18.9 Å². The largest absolute Gasteiger partial charge is 0.318 e. The number of aromatic nitrogens is 3. The minimum Gasteiger partial charge on any atom is -0.318 e. The summed E-state index contributed by atoms with van der Waals surface area (Å²) in [6.45, 7) is 3.96. The fourth-order valence-electron chi connectivity index (χ4n) is 2.05. The molecule has 1 heterocycles. The van der Waals surface area contributed by atoms with E-state index >= 15 is 0 Å². The Morgan fingerprint density at radius 2 is 1.95 bits per heavy atom. The van der Waals surface area contributed by atoms with Crippen LogP contribution in [0.25, 0.3) is 0 Å². The lowest BCUT2D eigenvalue weighted by Gasteiger charge is -2.14. The van der Waals surface area contributed by atoms with Gasteiger partial charge >= 0.3 is 0 Å². The van der Waals surface area contributed by atoms with Gasteiger partial charge in [0, 0.05) is 17.8 Å². The molecule has 1 aromatic carbocycles. The molecule has 2 aromatic rings. The summed E-state index contributed by atoms with van der Waals surface area (Å²) < 4.78 is 14.4. The molecule has 0 bridgehead atoms. The molecular weight excluding hydrogens is 258 g/mol. The Balaban J connectivity index is 2.16. The standard InChI is InChI=1S/C14H19N3OS/c1-4-13(12-8-6-5-7-9-12)19(18)10-14-16-15-11(2)17(14)3/h5-9,13H,4,10H2,1-3H3/t13-,19-/m1/s1.